The summed E-state index contributed by atoms with van der Waals surface area (Å²) in [5, 5.41) is 0. The van der Waals surface area contributed by atoms with Crippen LogP contribution in [0.3, 0.4) is 0 Å². The van der Waals surface area contributed by atoms with Crippen molar-refractivity contribution in [2.45, 2.75) is 33.2 Å². The molecule has 6 nitrogen and oxygen atoms in total. The molecule has 0 radical (unpaired) electrons. The Bertz CT molecular complexity index is 983. The van der Waals surface area contributed by atoms with Gasteiger partial charge in [-0.3, -0.25) is 9.59 Å². The third-order valence-electron chi connectivity index (χ3n) is 3.93. The van der Waals surface area contributed by atoms with Crippen LogP contribution in [-0.4, -0.2) is 23.1 Å². The molecule has 1 amide bonds. The first-order valence-electron chi connectivity index (χ1n) is 8.52. The van der Waals surface area contributed by atoms with Crippen LogP contribution < -0.4 is 4.80 Å². The van der Waals surface area contributed by atoms with E-state index in [-0.39, 0.29) is 18.2 Å². The number of hydrogen-bond donors (Lipinski definition) is 0. The zero-order valence-electron chi connectivity index (χ0n) is 14.7. The van der Waals surface area contributed by atoms with E-state index >= 15 is 0 Å². The predicted molar refractivity (Wildman–Crippen MR) is 99.0 cm³/mol. The summed E-state index contributed by atoms with van der Waals surface area (Å²) in [6.45, 7) is 4.62. The normalized spacial score (nSPS) is 11.8. The Morgan fingerprint density at radius 2 is 2.12 bits per heavy atom. The Morgan fingerprint density at radius 3 is 2.81 bits per heavy atom. The molecule has 136 valence electrons. The first-order chi connectivity index (χ1) is 12.6. The Kier molecular flexibility index (Phi) is 5.68. The summed E-state index contributed by atoms with van der Waals surface area (Å²) in [5.41, 5.74) is 2.16. The number of carbonyl (C=O) groups excluding carboxylic acids is 2. The van der Waals surface area contributed by atoms with E-state index in [1.165, 1.54) is 23.2 Å². The quantitative estimate of drug-likeness (QED) is 0.620. The second-order valence-electron chi connectivity index (χ2n) is 5.64. The first kappa shape index (κ1) is 18.1. The Hall–Kier alpha value is -2.67. The largest absolute Gasteiger partial charge is 0.466 e. The number of nitrogens with zero attached hydrogens (tertiary/aromatic N) is 2. The summed E-state index contributed by atoms with van der Waals surface area (Å²) in [5.74, 6) is -0.524. The molecule has 1 aromatic carbocycles. The van der Waals surface area contributed by atoms with Gasteiger partial charge in [-0.15, -0.1) is 0 Å². The number of fused-ring (bicyclic) bond motifs is 1. The Morgan fingerprint density at radius 1 is 1.27 bits per heavy atom. The lowest BCUT2D eigenvalue weighted by Gasteiger charge is -2.05. The lowest BCUT2D eigenvalue weighted by atomic mass is 10.2. The highest BCUT2D eigenvalue weighted by atomic mass is 32.1. The molecule has 2 aromatic heterocycles. The average molecular weight is 372 g/mol. The van der Waals surface area contributed by atoms with Gasteiger partial charge in [-0.05, 0) is 43.2 Å². The van der Waals surface area contributed by atoms with E-state index in [0.717, 1.165) is 16.6 Å². The van der Waals surface area contributed by atoms with Gasteiger partial charge < -0.3 is 13.7 Å². The molecule has 7 heteroatoms. The maximum absolute atomic E-state index is 12.3. The van der Waals surface area contributed by atoms with Gasteiger partial charge in [-0.25, -0.2) is 0 Å². The van der Waals surface area contributed by atoms with Crippen LogP contribution in [-0.2, 0) is 22.5 Å². The number of furan rings is 1. The minimum atomic E-state index is -0.442. The van der Waals surface area contributed by atoms with Gasteiger partial charge in [0.2, 0.25) is 0 Å². The molecule has 26 heavy (non-hydrogen) atoms. The highest BCUT2D eigenvalue weighted by molar-refractivity contribution is 7.16. The van der Waals surface area contributed by atoms with Crippen LogP contribution >= 0.6 is 11.3 Å². The summed E-state index contributed by atoms with van der Waals surface area (Å²) in [4.78, 5) is 28.8. The van der Waals surface area contributed by atoms with E-state index < -0.39 is 5.91 Å². The summed E-state index contributed by atoms with van der Waals surface area (Å²) < 4.78 is 13.0. The Balaban J connectivity index is 2.03. The van der Waals surface area contributed by atoms with Crippen LogP contribution in [0, 0.1) is 0 Å². The van der Waals surface area contributed by atoms with Crippen LogP contribution in [0.1, 0.15) is 36.4 Å². The smallest absolute Gasteiger partial charge is 0.315 e. The average Bonchev–Trinajstić information content (AvgIpc) is 3.27. The molecule has 0 unspecified atom stereocenters. The minimum absolute atomic E-state index is 0.189. The van der Waals surface area contributed by atoms with Crippen LogP contribution in [0.25, 0.3) is 10.2 Å². The summed E-state index contributed by atoms with van der Waals surface area (Å²) in [6.07, 6.45) is 2.59. The molecule has 2 heterocycles. The van der Waals surface area contributed by atoms with E-state index in [2.05, 4.69) is 18.0 Å². The molecule has 0 saturated carbocycles. The van der Waals surface area contributed by atoms with E-state index in [0.29, 0.717) is 18.0 Å². The van der Waals surface area contributed by atoms with Gasteiger partial charge in [0.1, 0.15) is 0 Å². The van der Waals surface area contributed by atoms with Crippen LogP contribution in [0.15, 0.2) is 46.0 Å². The van der Waals surface area contributed by atoms with Crippen molar-refractivity contribution in [1.82, 2.24) is 4.57 Å². The molecular formula is C19H20N2O4S. The minimum Gasteiger partial charge on any atom is -0.466 e. The van der Waals surface area contributed by atoms with Gasteiger partial charge in [-0.1, -0.05) is 24.3 Å². The topological polar surface area (TPSA) is 73.8 Å². The van der Waals surface area contributed by atoms with E-state index in [1.54, 1.807) is 19.1 Å². The number of hydrogen-bond acceptors (Lipinski definition) is 5. The molecule has 0 aliphatic rings. The second-order valence-corrected chi connectivity index (χ2v) is 6.65. The van der Waals surface area contributed by atoms with Gasteiger partial charge in [0, 0.05) is 6.54 Å². The molecule has 0 aliphatic heterocycles. The zero-order valence-corrected chi connectivity index (χ0v) is 15.5. The van der Waals surface area contributed by atoms with Crippen LogP contribution in [0.5, 0.6) is 0 Å². The van der Waals surface area contributed by atoms with Crippen molar-refractivity contribution >= 4 is 33.4 Å². The van der Waals surface area contributed by atoms with Crippen molar-refractivity contribution in [2.24, 2.45) is 4.99 Å². The maximum atomic E-state index is 12.3. The summed E-state index contributed by atoms with van der Waals surface area (Å²) in [6, 6.07) is 9.38. The van der Waals surface area contributed by atoms with Crippen molar-refractivity contribution in [1.29, 1.82) is 0 Å². The molecule has 3 aromatic rings. The molecule has 3 rings (SSSR count). The van der Waals surface area contributed by atoms with Crippen LogP contribution in [0.2, 0.25) is 0 Å². The fourth-order valence-electron chi connectivity index (χ4n) is 2.62. The number of thiazole rings is 1. The number of rotatable bonds is 6. The maximum Gasteiger partial charge on any atom is 0.315 e. The van der Waals surface area contributed by atoms with Gasteiger partial charge in [0.25, 0.3) is 0 Å². The van der Waals surface area contributed by atoms with Crippen LogP contribution in [0.4, 0.5) is 0 Å². The lowest BCUT2D eigenvalue weighted by Crippen LogP contribution is -2.19. The molecule has 0 aliphatic carbocycles. The van der Waals surface area contributed by atoms with Gasteiger partial charge in [0.05, 0.1) is 29.5 Å². The van der Waals surface area contributed by atoms with E-state index in [1.807, 2.05) is 16.7 Å². The number of benzene rings is 1. The van der Waals surface area contributed by atoms with Crippen molar-refractivity contribution < 1.29 is 18.7 Å². The zero-order chi connectivity index (χ0) is 18.5. The predicted octanol–water partition coefficient (Wildman–Crippen LogP) is 3.55. The van der Waals surface area contributed by atoms with E-state index in [9.17, 15) is 9.59 Å². The third-order valence-corrected chi connectivity index (χ3v) is 4.97. The van der Waals surface area contributed by atoms with Gasteiger partial charge >= 0.3 is 11.9 Å². The molecular weight excluding hydrogens is 352 g/mol. The summed E-state index contributed by atoms with van der Waals surface area (Å²) >= 11 is 1.43. The SMILES string of the molecule is CCOC(=O)CCn1c(=NC(=O)c2ccco2)sc2cc(CC)ccc21. The molecule has 0 fully saturated rings. The first-order valence-corrected chi connectivity index (χ1v) is 9.34. The van der Waals surface area contributed by atoms with E-state index in [4.69, 9.17) is 9.15 Å². The molecule has 0 bridgehead atoms. The molecule has 0 N–H and O–H groups in total. The molecule has 0 atom stereocenters. The fraction of sp³-hybridized carbons (Fsp3) is 0.316. The standard InChI is InChI=1S/C19H20N2O4S/c1-3-13-7-8-14-16(12-13)26-19(20-18(23)15-6-5-11-25-15)21(14)10-9-17(22)24-4-2/h5-8,11-12H,3-4,9-10H2,1-2H3. The van der Waals surface area contributed by atoms with Gasteiger partial charge in [0.15, 0.2) is 10.6 Å². The second kappa shape index (κ2) is 8.14. The summed E-state index contributed by atoms with van der Waals surface area (Å²) in [7, 11) is 0. The number of carbonyl (C=O) groups is 2. The third kappa shape index (κ3) is 3.94. The van der Waals surface area contributed by atoms with Crippen molar-refractivity contribution in [3.8, 4) is 0 Å². The number of ether oxygens (including phenoxy) is 1. The highest BCUT2D eigenvalue weighted by Gasteiger charge is 2.12. The Labute approximate surface area is 154 Å². The number of aromatic nitrogens is 1. The van der Waals surface area contributed by atoms with Crippen molar-refractivity contribution in [2.75, 3.05) is 6.61 Å². The fourth-order valence-corrected chi connectivity index (χ4v) is 3.74. The van der Waals surface area contributed by atoms with Crippen molar-refractivity contribution in [3.63, 3.8) is 0 Å². The highest BCUT2D eigenvalue weighted by Crippen LogP contribution is 2.20. The number of aryl methyl sites for hydroxylation is 2. The van der Waals surface area contributed by atoms with Crippen molar-refractivity contribution in [3.05, 3.63) is 52.7 Å². The molecule has 0 saturated heterocycles. The monoisotopic (exact) mass is 372 g/mol. The number of amides is 1. The number of esters is 1. The van der Waals surface area contributed by atoms with Gasteiger partial charge in [-0.2, -0.15) is 4.99 Å². The molecule has 0 spiro atoms. The lowest BCUT2D eigenvalue weighted by molar-refractivity contribution is -0.143.